The van der Waals surface area contributed by atoms with Gasteiger partial charge in [-0.15, -0.1) is 0 Å². The lowest BCUT2D eigenvalue weighted by atomic mass is 10.1. The van der Waals surface area contributed by atoms with Gasteiger partial charge in [-0.25, -0.2) is 0 Å². The van der Waals surface area contributed by atoms with Gasteiger partial charge in [0.15, 0.2) is 0 Å². The van der Waals surface area contributed by atoms with Gasteiger partial charge in [0.1, 0.15) is 0 Å². The van der Waals surface area contributed by atoms with E-state index in [-0.39, 0.29) is 18.9 Å². The van der Waals surface area contributed by atoms with Crippen LogP contribution in [-0.2, 0) is 11.2 Å². The van der Waals surface area contributed by atoms with Gasteiger partial charge in [0.2, 0.25) is 5.91 Å². The van der Waals surface area contributed by atoms with E-state index in [0.717, 1.165) is 6.54 Å². The van der Waals surface area contributed by atoms with Gasteiger partial charge in [0, 0.05) is 12.1 Å². The Hall–Kier alpha value is -1.56. The van der Waals surface area contributed by atoms with Crippen molar-refractivity contribution in [3.63, 3.8) is 0 Å². The number of rotatable bonds is 7. The summed E-state index contributed by atoms with van der Waals surface area (Å²) in [6.45, 7) is 1.01. The predicted octanol–water partition coefficient (Wildman–Crippen LogP) is 3.12. The molecule has 0 saturated heterocycles. The first-order chi connectivity index (χ1) is 9.94. The summed E-state index contributed by atoms with van der Waals surface area (Å²) in [6.07, 6.45) is -2.80. The maximum atomic E-state index is 12.3. The van der Waals surface area contributed by atoms with Gasteiger partial charge < -0.3 is 10.6 Å². The van der Waals surface area contributed by atoms with Gasteiger partial charge in [-0.05, 0) is 43.4 Å². The topological polar surface area (TPSA) is 41.1 Å². The van der Waals surface area contributed by atoms with Crippen molar-refractivity contribution in [2.24, 2.45) is 5.92 Å². The largest absolute Gasteiger partial charge is 0.389 e. The van der Waals surface area contributed by atoms with Crippen molar-refractivity contribution in [1.29, 1.82) is 0 Å². The van der Waals surface area contributed by atoms with Crippen LogP contribution in [0.1, 0.15) is 24.8 Å². The molecular weight excluding hydrogens is 281 g/mol. The van der Waals surface area contributed by atoms with Crippen LogP contribution in [0.3, 0.4) is 0 Å². The molecule has 0 radical (unpaired) electrons. The molecule has 0 atom stereocenters. The van der Waals surface area contributed by atoms with Gasteiger partial charge >= 0.3 is 6.18 Å². The standard InChI is InChI=1S/C15H19F3N2O/c16-15(17,18)8-7-12-3-1-2-4-13(12)20-14(21)10-19-9-11-5-6-11/h1-4,11,19H,5-10H2,(H,20,21). The van der Waals surface area contributed by atoms with Crippen molar-refractivity contribution in [3.8, 4) is 0 Å². The van der Waals surface area contributed by atoms with Crippen LogP contribution in [0.2, 0.25) is 0 Å². The summed E-state index contributed by atoms with van der Waals surface area (Å²) in [5.41, 5.74) is 0.963. The number of carbonyl (C=O) groups is 1. The average Bonchev–Trinajstić information content (AvgIpc) is 3.21. The molecule has 6 heteroatoms. The minimum Gasteiger partial charge on any atom is -0.325 e. The van der Waals surface area contributed by atoms with E-state index in [2.05, 4.69) is 10.6 Å². The number of benzene rings is 1. The van der Waals surface area contributed by atoms with Crippen LogP contribution in [0.15, 0.2) is 24.3 Å². The van der Waals surface area contributed by atoms with Gasteiger partial charge in [-0.1, -0.05) is 18.2 Å². The fourth-order valence-corrected chi connectivity index (χ4v) is 2.04. The Bertz CT molecular complexity index is 484. The first-order valence-electron chi connectivity index (χ1n) is 7.09. The van der Waals surface area contributed by atoms with Crippen LogP contribution in [0.4, 0.5) is 18.9 Å². The van der Waals surface area contributed by atoms with Gasteiger partial charge in [-0.3, -0.25) is 4.79 Å². The highest BCUT2D eigenvalue weighted by Crippen LogP contribution is 2.27. The van der Waals surface area contributed by atoms with Crippen molar-refractivity contribution >= 4 is 11.6 Å². The van der Waals surface area contributed by atoms with Crippen molar-refractivity contribution < 1.29 is 18.0 Å². The first-order valence-corrected chi connectivity index (χ1v) is 7.09. The monoisotopic (exact) mass is 300 g/mol. The molecule has 0 unspecified atom stereocenters. The summed E-state index contributed by atoms with van der Waals surface area (Å²) in [4.78, 5) is 11.8. The molecule has 1 fully saturated rings. The average molecular weight is 300 g/mol. The third-order valence-corrected chi connectivity index (χ3v) is 3.38. The van der Waals surface area contributed by atoms with E-state index in [0.29, 0.717) is 17.2 Å². The lowest BCUT2D eigenvalue weighted by molar-refractivity contribution is -0.133. The highest BCUT2D eigenvalue weighted by Gasteiger charge is 2.27. The molecule has 3 nitrogen and oxygen atoms in total. The molecule has 1 aromatic rings. The minimum atomic E-state index is -4.19. The molecular formula is C15H19F3N2O. The Morgan fingerprint density at radius 1 is 1.24 bits per heavy atom. The molecule has 1 amide bonds. The van der Waals surface area contributed by atoms with Crippen LogP contribution in [0.5, 0.6) is 0 Å². The van der Waals surface area contributed by atoms with E-state index >= 15 is 0 Å². The summed E-state index contributed by atoms with van der Waals surface area (Å²) in [5.74, 6) is 0.451. The molecule has 2 N–H and O–H groups in total. The zero-order valence-corrected chi connectivity index (χ0v) is 11.7. The summed E-state index contributed by atoms with van der Waals surface area (Å²) in [5, 5.41) is 5.72. The van der Waals surface area contributed by atoms with Crippen molar-refractivity contribution in [3.05, 3.63) is 29.8 Å². The molecule has 0 spiro atoms. The summed E-state index contributed by atoms with van der Waals surface area (Å²) >= 11 is 0. The third kappa shape index (κ3) is 6.16. The SMILES string of the molecule is O=C(CNCC1CC1)Nc1ccccc1CCC(F)(F)F. The molecule has 0 bridgehead atoms. The third-order valence-electron chi connectivity index (χ3n) is 3.38. The second kappa shape index (κ2) is 6.93. The van der Waals surface area contributed by atoms with Gasteiger partial charge in [-0.2, -0.15) is 13.2 Å². The van der Waals surface area contributed by atoms with Gasteiger partial charge in [0.05, 0.1) is 6.54 Å². The molecule has 1 aliphatic carbocycles. The van der Waals surface area contributed by atoms with Crippen LogP contribution in [0.25, 0.3) is 0 Å². The summed E-state index contributed by atoms with van der Waals surface area (Å²) in [6, 6.07) is 6.61. The molecule has 0 aliphatic heterocycles. The van der Waals surface area contributed by atoms with E-state index < -0.39 is 12.6 Å². The number of anilines is 1. The Morgan fingerprint density at radius 2 is 1.95 bits per heavy atom. The highest BCUT2D eigenvalue weighted by atomic mass is 19.4. The molecule has 1 aromatic carbocycles. The number of hydrogen-bond acceptors (Lipinski definition) is 2. The van der Waals surface area contributed by atoms with E-state index in [1.165, 1.54) is 12.8 Å². The van der Waals surface area contributed by atoms with E-state index in [1.807, 2.05) is 0 Å². The number of nitrogens with one attached hydrogen (secondary N) is 2. The number of para-hydroxylation sites is 1. The fraction of sp³-hybridized carbons (Fsp3) is 0.533. The Labute approximate surface area is 121 Å². The molecule has 2 rings (SSSR count). The predicted molar refractivity (Wildman–Crippen MR) is 75.0 cm³/mol. The van der Waals surface area contributed by atoms with Crippen LogP contribution < -0.4 is 10.6 Å². The number of aryl methyl sites for hydroxylation is 1. The number of alkyl halides is 3. The molecule has 1 saturated carbocycles. The van der Waals surface area contributed by atoms with E-state index in [1.54, 1.807) is 24.3 Å². The van der Waals surface area contributed by atoms with Crippen LogP contribution >= 0.6 is 0 Å². The normalized spacial score (nSPS) is 15.0. The van der Waals surface area contributed by atoms with Crippen molar-refractivity contribution in [2.45, 2.75) is 31.9 Å². The molecule has 21 heavy (non-hydrogen) atoms. The Kier molecular flexibility index (Phi) is 5.22. The Balaban J connectivity index is 1.84. The van der Waals surface area contributed by atoms with Crippen molar-refractivity contribution in [2.75, 3.05) is 18.4 Å². The second-order valence-electron chi connectivity index (χ2n) is 5.39. The summed E-state index contributed by atoms with van der Waals surface area (Å²) in [7, 11) is 0. The maximum absolute atomic E-state index is 12.3. The molecule has 0 heterocycles. The smallest absolute Gasteiger partial charge is 0.325 e. The minimum absolute atomic E-state index is 0.130. The van der Waals surface area contributed by atoms with E-state index in [4.69, 9.17) is 0 Å². The quantitative estimate of drug-likeness (QED) is 0.812. The number of halogens is 3. The molecule has 116 valence electrons. The summed E-state index contributed by atoms with van der Waals surface area (Å²) < 4.78 is 36.9. The zero-order chi connectivity index (χ0) is 15.3. The van der Waals surface area contributed by atoms with Gasteiger partial charge in [0.25, 0.3) is 0 Å². The molecule has 0 aromatic heterocycles. The maximum Gasteiger partial charge on any atom is 0.389 e. The van der Waals surface area contributed by atoms with Crippen molar-refractivity contribution in [1.82, 2.24) is 5.32 Å². The fourth-order valence-electron chi connectivity index (χ4n) is 2.04. The second-order valence-corrected chi connectivity index (χ2v) is 5.39. The lowest BCUT2D eigenvalue weighted by Gasteiger charge is -2.12. The van der Waals surface area contributed by atoms with Crippen LogP contribution in [0, 0.1) is 5.92 Å². The van der Waals surface area contributed by atoms with Crippen LogP contribution in [-0.4, -0.2) is 25.2 Å². The number of carbonyl (C=O) groups excluding carboxylic acids is 1. The number of hydrogen-bond donors (Lipinski definition) is 2. The zero-order valence-electron chi connectivity index (χ0n) is 11.7. The highest BCUT2D eigenvalue weighted by molar-refractivity contribution is 5.92. The molecule has 1 aliphatic rings. The van der Waals surface area contributed by atoms with E-state index in [9.17, 15) is 18.0 Å². The lowest BCUT2D eigenvalue weighted by Crippen LogP contribution is -2.29. The first kappa shape index (κ1) is 15.8. The number of amides is 1. The Morgan fingerprint density at radius 3 is 2.62 bits per heavy atom.